The maximum atomic E-state index is 11.5. The Morgan fingerprint density at radius 1 is 1.30 bits per heavy atom. The average molecular weight is 297 g/mol. The molecule has 0 spiro atoms. The van der Waals surface area contributed by atoms with Crippen molar-refractivity contribution in [1.29, 1.82) is 0 Å². The van der Waals surface area contributed by atoms with Gasteiger partial charge in [0.15, 0.2) is 9.84 Å². The zero-order valence-electron chi connectivity index (χ0n) is 12.3. The molecule has 2 rings (SSSR count). The summed E-state index contributed by atoms with van der Waals surface area (Å²) in [4.78, 5) is 0. The highest BCUT2D eigenvalue weighted by atomic mass is 32.2. The van der Waals surface area contributed by atoms with Crippen molar-refractivity contribution >= 4 is 9.84 Å². The van der Waals surface area contributed by atoms with Crippen molar-refractivity contribution in [1.82, 2.24) is 5.32 Å². The van der Waals surface area contributed by atoms with Crippen molar-refractivity contribution in [3.63, 3.8) is 0 Å². The van der Waals surface area contributed by atoms with Crippen LogP contribution in [0.15, 0.2) is 24.3 Å². The lowest BCUT2D eigenvalue weighted by Gasteiger charge is -2.20. The third kappa shape index (κ3) is 4.21. The van der Waals surface area contributed by atoms with Gasteiger partial charge in [-0.05, 0) is 44.9 Å². The normalized spacial score (nSPS) is 22.9. The van der Waals surface area contributed by atoms with Gasteiger partial charge in [0.05, 0.1) is 17.6 Å². The van der Waals surface area contributed by atoms with E-state index in [1.165, 1.54) is 0 Å². The fourth-order valence-electron chi connectivity index (χ4n) is 2.51. The van der Waals surface area contributed by atoms with Crippen LogP contribution in [0.2, 0.25) is 0 Å². The van der Waals surface area contributed by atoms with Crippen LogP contribution in [0.25, 0.3) is 0 Å². The van der Waals surface area contributed by atoms with Crippen LogP contribution in [0.1, 0.15) is 38.8 Å². The number of hydrogen-bond acceptors (Lipinski definition) is 4. The Morgan fingerprint density at radius 2 is 2.05 bits per heavy atom. The Labute approximate surface area is 121 Å². The molecule has 1 aromatic carbocycles. The second kappa shape index (κ2) is 6.14. The van der Waals surface area contributed by atoms with E-state index in [0.717, 1.165) is 11.3 Å². The van der Waals surface area contributed by atoms with Gasteiger partial charge in [-0.25, -0.2) is 8.42 Å². The molecule has 1 N–H and O–H groups in total. The summed E-state index contributed by atoms with van der Waals surface area (Å²) < 4.78 is 28.6. The average Bonchev–Trinajstić information content (AvgIpc) is 2.68. The number of sulfone groups is 1. The number of benzene rings is 1. The molecule has 112 valence electrons. The van der Waals surface area contributed by atoms with Crippen LogP contribution in [0.4, 0.5) is 0 Å². The lowest BCUT2D eigenvalue weighted by atomic mass is 10.1. The van der Waals surface area contributed by atoms with Crippen molar-refractivity contribution < 1.29 is 13.2 Å². The van der Waals surface area contributed by atoms with Crippen molar-refractivity contribution in [2.75, 3.05) is 11.5 Å². The zero-order valence-corrected chi connectivity index (χ0v) is 13.1. The first-order valence-corrected chi connectivity index (χ1v) is 8.91. The minimum atomic E-state index is -2.83. The van der Waals surface area contributed by atoms with Gasteiger partial charge in [-0.3, -0.25) is 0 Å². The van der Waals surface area contributed by atoms with Crippen LogP contribution < -0.4 is 10.1 Å². The lowest BCUT2D eigenvalue weighted by molar-refractivity contribution is 0.242. The molecule has 0 radical (unpaired) electrons. The van der Waals surface area contributed by atoms with E-state index in [1.807, 2.05) is 38.1 Å². The van der Waals surface area contributed by atoms with Crippen LogP contribution >= 0.6 is 0 Å². The van der Waals surface area contributed by atoms with Crippen LogP contribution in [0.5, 0.6) is 5.75 Å². The Balaban J connectivity index is 2.00. The molecular weight excluding hydrogens is 274 g/mol. The van der Waals surface area contributed by atoms with Gasteiger partial charge in [0.25, 0.3) is 0 Å². The van der Waals surface area contributed by atoms with Crippen molar-refractivity contribution in [2.24, 2.45) is 0 Å². The summed E-state index contributed by atoms with van der Waals surface area (Å²) in [5.41, 5.74) is 1.12. The molecule has 0 aromatic heterocycles. The summed E-state index contributed by atoms with van der Waals surface area (Å²) >= 11 is 0. The maximum Gasteiger partial charge on any atom is 0.151 e. The fraction of sp³-hybridized carbons (Fsp3) is 0.600. The molecular formula is C15H23NO3S. The summed E-state index contributed by atoms with van der Waals surface area (Å²) in [5, 5.41) is 3.40. The Hall–Kier alpha value is -1.07. The molecule has 1 aliphatic rings. The predicted octanol–water partition coefficient (Wildman–Crippen LogP) is 2.31. The van der Waals surface area contributed by atoms with Crippen molar-refractivity contribution in [3.05, 3.63) is 29.8 Å². The second-order valence-electron chi connectivity index (χ2n) is 5.73. The minimum absolute atomic E-state index is 0.0599. The number of nitrogens with one attached hydrogen (secondary N) is 1. The first kappa shape index (κ1) is 15.3. The molecule has 1 aromatic rings. The van der Waals surface area contributed by atoms with E-state index in [0.29, 0.717) is 12.2 Å². The lowest BCUT2D eigenvalue weighted by Crippen LogP contribution is -2.32. The van der Waals surface area contributed by atoms with Crippen LogP contribution in [0.3, 0.4) is 0 Å². The Bertz CT molecular complexity index is 554. The van der Waals surface area contributed by atoms with Gasteiger partial charge in [0.1, 0.15) is 5.75 Å². The quantitative estimate of drug-likeness (QED) is 0.906. The fourth-order valence-corrected chi connectivity index (χ4v) is 4.19. The van der Waals surface area contributed by atoms with Crippen LogP contribution in [-0.4, -0.2) is 32.1 Å². The van der Waals surface area contributed by atoms with Crippen molar-refractivity contribution in [3.8, 4) is 5.75 Å². The summed E-state index contributed by atoms with van der Waals surface area (Å²) in [6.07, 6.45) is 0.850. The van der Waals surface area contributed by atoms with E-state index in [2.05, 4.69) is 12.2 Å². The molecule has 4 nitrogen and oxygen atoms in total. The van der Waals surface area contributed by atoms with Crippen LogP contribution in [-0.2, 0) is 9.84 Å². The molecule has 1 fully saturated rings. The monoisotopic (exact) mass is 297 g/mol. The number of rotatable bonds is 5. The molecule has 1 aliphatic heterocycles. The molecule has 0 saturated carbocycles. The molecule has 0 bridgehead atoms. The summed E-state index contributed by atoms with van der Waals surface area (Å²) in [5.74, 6) is 1.40. The summed E-state index contributed by atoms with van der Waals surface area (Å²) in [7, 11) is -2.83. The van der Waals surface area contributed by atoms with Gasteiger partial charge in [0, 0.05) is 12.1 Å². The van der Waals surface area contributed by atoms with Gasteiger partial charge in [0.2, 0.25) is 0 Å². The third-order valence-corrected chi connectivity index (χ3v) is 5.22. The molecule has 5 heteroatoms. The largest absolute Gasteiger partial charge is 0.491 e. The first-order valence-electron chi connectivity index (χ1n) is 7.09. The van der Waals surface area contributed by atoms with E-state index >= 15 is 0 Å². The highest BCUT2D eigenvalue weighted by Gasteiger charge is 2.28. The number of ether oxygens (including phenoxy) is 1. The molecule has 0 amide bonds. The van der Waals surface area contributed by atoms with E-state index in [1.54, 1.807) is 0 Å². The van der Waals surface area contributed by atoms with E-state index in [9.17, 15) is 8.42 Å². The summed E-state index contributed by atoms with van der Waals surface area (Å²) in [6, 6.07) is 8.14. The standard InChI is InChI=1S/C15H23NO3S/c1-11(2)19-15-6-4-5-13(9-15)12(3)16-14-7-8-20(17,18)10-14/h4-6,9,11-12,14,16H,7-8,10H2,1-3H3. The second-order valence-corrected chi connectivity index (χ2v) is 7.96. The topological polar surface area (TPSA) is 55.4 Å². The van der Waals surface area contributed by atoms with Crippen molar-refractivity contribution in [2.45, 2.75) is 45.4 Å². The predicted molar refractivity (Wildman–Crippen MR) is 80.8 cm³/mol. The Kier molecular flexibility index (Phi) is 4.70. The number of hydrogen-bond donors (Lipinski definition) is 1. The van der Waals surface area contributed by atoms with Gasteiger partial charge >= 0.3 is 0 Å². The molecule has 2 atom stereocenters. The maximum absolute atomic E-state index is 11.5. The summed E-state index contributed by atoms with van der Waals surface area (Å²) in [6.45, 7) is 6.05. The molecule has 20 heavy (non-hydrogen) atoms. The smallest absolute Gasteiger partial charge is 0.151 e. The first-order chi connectivity index (χ1) is 9.35. The molecule has 0 aliphatic carbocycles. The van der Waals surface area contributed by atoms with Gasteiger partial charge in [-0.2, -0.15) is 0 Å². The highest BCUT2D eigenvalue weighted by molar-refractivity contribution is 7.91. The van der Waals surface area contributed by atoms with Crippen LogP contribution in [0, 0.1) is 0 Å². The Morgan fingerprint density at radius 3 is 2.65 bits per heavy atom. The van der Waals surface area contributed by atoms with E-state index < -0.39 is 9.84 Å². The van der Waals surface area contributed by atoms with Gasteiger partial charge < -0.3 is 10.1 Å². The molecule has 1 saturated heterocycles. The van der Waals surface area contributed by atoms with Gasteiger partial charge in [-0.1, -0.05) is 12.1 Å². The highest BCUT2D eigenvalue weighted by Crippen LogP contribution is 2.22. The SMILES string of the molecule is CC(C)Oc1cccc(C(C)NC2CCS(=O)(=O)C2)c1. The molecule has 1 heterocycles. The van der Waals surface area contributed by atoms with E-state index in [-0.39, 0.29) is 23.9 Å². The zero-order chi connectivity index (χ0) is 14.8. The molecule has 2 unspecified atom stereocenters. The van der Waals surface area contributed by atoms with E-state index in [4.69, 9.17) is 4.74 Å². The third-order valence-electron chi connectivity index (χ3n) is 3.45. The van der Waals surface area contributed by atoms with Gasteiger partial charge in [-0.15, -0.1) is 0 Å². The minimum Gasteiger partial charge on any atom is -0.491 e.